The molecule has 0 aliphatic rings. The predicted octanol–water partition coefficient (Wildman–Crippen LogP) is 1.89. The maximum atomic E-state index is 12.3. The zero-order valence-electron chi connectivity index (χ0n) is 9.95. The van der Waals surface area contributed by atoms with Crippen molar-refractivity contribution in [3.05, 3.63) is 40.9 Å². The van der Waals surface area contributed by atoms with Gasteiger partial charge in [-0.2, -0.15) is 0 Å². The summed E-state index contributed by atoms with van der Waals surface area (Å²) in [6.07, 6.45) is 1.53. The van der Waals surface area contributed by atoms with Gasteiger partial charge in [-0.05, 0) is 18.6 Å². The number of nitrogens with two attached hydrogens (primary N) is 1. The zero-order chi connectivity index (χ0) is 14.0. The molecular formula is C11H11N3O2S3. The number of benzene rings is 1. The number of thiocarbonyl (C=S) groups is 1. The van der Waals surface area contributed by atoms with Gasteiger partial charge in [0.2, 0.25) is 0 Å². The lowest BCUT2D eigenvalue weighted by molar-refractivity contribution is 0.600. The molecule has 0 fully saturated rings. The Kier molecular flexibility index (Phi) is 3.83. The van der Waals surface area contributed by atoms with E-state index >= 15 is 0 Å². The van der Waals surface area contributed by atoms with E-state index in [4.69, 9.17) is 18.0 Å². The second-order valence-corrected chi connectivity index (χ2v) is 6.77. The van der Waals surface area contributed by atoms with Gasteiger partial charge in [0.25, 0.3) is 10.0 Å². The van der Waals surface area contributed by atoms with Crippen molar-refractivity contribution >= 4 is 43.7 Å². The van der Waals surface area contributed by atoms with Crippen LogP contribution in [0.1, 0.15) is 11.1 Å². The Morgan fingerprint density at radius 2 is 2.21 bits per heavy atom. The third-order valence-electron chi connectivity index (χ3n) is 2.42. The number of nitrogens with zero attached hydrogens (tertiary/aromatic N) is 1. The molecule has 0 spiro atoms. The molecule has 0 unspecified atom stereocenters. The topological polar surface area (TPSA) is 85.1 Å². The van der Waals surface area contributed by atoms with E-state index in [9.17, 15) is 8.42 Å². The first kappa shape index (κ1) is 13.9. The molecule has 0 amide bonds. The van der Waals surface area contributed by atoms with Crippen LogP contribution in [0.15, 0.2) is 34.7 Å². The van der Waals surface area contributed by atoms with E-state index in [1.165, 1.54) is 23.6 Å². The quantitative estimate of drug-likeness (QED) is 0.842. The molecule has 1 aromatic carbocycles. The summed E-state index contributed by atoms with van der Waals surface area (Å²) in [6, 6.07) is 4.83. The molecule has 0 saturated heterocycles. The van der Waals surface area contributed by atoms with Gasteiger partial charge in [-0.15, -0.1) is 11.3 Å². The number of sulfonamides is 1. The maximum Gasteiger partial charge on any atom is 0.263 e. The van der Waals surface area contributed by atoms with Gasteiger partial charge in [0.05, 0.1) is 4.90 Å². The summed E-state index contributed by atoms with van der Waals surface area (Å²) >= 11 is 6.06. The molecule has 2 aromatic rings. The van der Waals surface area contributed by atoms with Crippen molar-refractivity contribution in [1.82, 2.24) is 4.98 Å². The van der Waals surface area contributed by atoms with Gasteiger partial charge in [0.15, 0.2) is 5.13 Å². The van der Waals surface area contributed by atoms with Gasteiger partial charge in [-0.25, -0.2) is 13.4 Å². The molecule has 0 bridgehead atoms. The highest BCUT2D eigenvalue weighted by atomic mass is 32.2. The van der Waals surface area contributed by atoms with Gasteiger partial charge in [-0.1, -0.05) is 24.4 Å². The molecule has 3 N–H and O–H groups in total. The minimum absolute atomic E-state index is 0.146. The molecular weight excluding hydrogens is 302 g/mol. The minimum Gasteiger partial charge on any atom is -0.389 e. The Labute approximate surface area is 120 Å². The highest BCUT2D eigenvalue weighted by Crippen LogP contribution is 2.21. The summed E-state index contributed by atoms with van der Waals surface area (Å²) in [7, 11) is -3.69. The van der Waals surface area contributed by atoms with Crippen molar-refractivity contribution in [2.24, 2.45) is 5.73 Å². The van der Waals surface area contributed by atoms with E-state index in [0.29, 0.717) is 16.3 Å². The largest absolute Gasteiger partial charge is 0.389 e. The molecule has 100 valence electrons. The van der Waals surface area contributed by atoms with Crippen LogP contribution in [0, 0.1) is 6.92 Å². The number of thiazole rings is 1. The lowest BCUT2D eigenvalue weighted by Crippen LogP contribution is -2.16. The fraction of sp³-hybridized carbons (Fsp3) is 0.0909. The number of rotatable bonds is 4. The zero-order valence-corrected chi connectivity index (χ0v) is 12.4. The van der Waals surface area contributed by atoms with Crippen LogP contribution in [0.3, 0.4) is 0 Å². The average molecular weight is 313 g/mol. The molecule has 1 aromatic heterocycles. The molecule has 0 saturated carbocycles. The van der Waals surface area contributed by atoms with Crippen LogP contribution in [0.4, 0.5) is 5.13 Å². The summed E-state index contributed by atoms with van der Waals surface area (Å²) in [6.45, 7) is 1.71. The molecule has 5 nitrogen and oxygen atoms in total. The second kappa shape index (κ2) is 5.24. The Bertz CT molecular complexity index is 709. The number of aromatic nitrogens is 1. The van der Waals surface area contributed by atoms with Crippen LogP contribution in [0.2, 0.25) is 0 Å². The number of anilines is 1. The Morgan fingerprint density at radius 3 is 2.79 bits per heavy atom. The smallest absolute Gasteiger partial charge is 0.263 e. The molecule has 0 atom stereocenters. The summed E-state index contributed by atoms with van der Waals surface area (Å²) < 4.78 is 27.0. The molecule has 1 heterocycles. The van der Waals surface area contributed by atoms with E-state index in [0.717, 1.165) is 0 Å². The normalized spacial score (nSPS) is 11.2. The lowest BCUT2D eigenvalue weighted by Gasteiger charge is -2.09. The van der Waals surface area contributed by atoms with Gasteiger partial charge >= 0.3 is 0 Å². The van der Waals surface area contributed by atoms with Gasteiger partial charge in [0.1, 0.15) is 4.99 Å². The first-order valence-corrected chi connectivity index (χ1v) is 8.00. The summed E-state index contributed by atoms with van der Waals surface area (Å²) in [5, 5.41) is 2.01. The summed E-state index contributed by atoms with van der Waals surface area (Å²) in [5.41, 5.74) is 6.65. The fourth-order valence-corrected chi connectivity index (χ4v) is 3.67. The Balaban J connectivity index is 2.45. The number of hydrogen-bond acceptors (Lipinski definition) is 5. The predicted molar refractivity (Wildman–Crippen MR) is 80.0 cm³/mol. The van der Waals surface area contributed by atoms with Crippen LogP contribution >= 0.6 is 23.6 Å². The van der Waals surface area contributed by atoms with Gasteiger partial charge in [0, 0.05) is 17.1 Å². The highest BCUT2D eigenvalue weighted by molar-refractivity contribution is 7.93. The van der Waals surface area contributed by atoms with E-state index < -0.39 is 10.0 Å². The highest BCUT2D eigenvalue weighted by Gasteiger charge is 2.19. The van der Waals surface area contributed by atoms with E-state index in [2.05, 4.69) is 9.71 Å². The number of nitrogens with one attached hydrogen (secondary N) is 1. The van der Waals surface area contributed by atoms with Crippen molar-refractivity contribution < 1.29 is 8.42 Å². The van der Waals surface area contributed by atoms with Crippen LogP contribution in [0.5, 0.6) is 0 Å². The second-order valence-electron chi connectivity index (χ2n) is 3.79. The van der Waals surface area contributed by atoms with Crippen LogP contribution in [-0.2, 0) is 10.0 Å². The summed E-state index contributed by atoms with van der Waals surface area (Å²) in [4.78, 5) is 4.20. The first-order chi connectivity index (χ1) is 8.90. The van der Waals surface area contributed by atoms with Crippen molar-refractivity contribution in [3.8, 4) is 0 Å². The van der Waals surface area contributed by atoms with E-state index in [1.807, 2.05) is 0 Å². The summed E-state index contributed by atoms with van der Waals surface area (Å²) in [5.74, 6) is 0. The monoisotopic (exact) mass is 313 g/mol. The molecule has 2 rings (SSSR count). The first-order valence-electron chi connectivity index (χ1n) is 5.23. The minimum atomic E-state index is -3.69. The van der Waals surface area contributed by atoms with Gasteiger partial charge in [-0.3, -0.25) is 4.72 Å². The number of aryl methyl sites for hydroxylation is 1. The van der Waals surface area contributed by atoms with Crippen molar-refractivity contribution in [3.63, 3.8) is 0 Å². The molecule has 19 heavy (non-hydrogen) atoms. The standard InChI is InChI=1S/C11H11N3O2S3/c1-7-2-3-8(10(12)17)6-9(7)19(15,16)14-11-13-4-5-18-11/h2-6H,1H3,(H2,12,17)(H,13,14). The molecule has 0 aliphatic heterocycles. The van der Waals surface area contributed by atoms with Crippen LogP contribution < -0.4 is 10.5 Å². The molecule has 0 radical (unpaired) electrons. The van der Waals surface area contributed by atoms with Crippen molar-refractivity contribution in [2.45, 2.75) is 11.8 Å². The third-order valence-corrected chi connectivity index (χ3v) is 4.95. The van der Waals surface area contributed by atoms with E-state index in [1.54, 1.807) is 24.4 Å². The van der Waals surface area contributed by atoms with Crippen LogP contribution in [0.25, 0.3) is 0 Å². The van der Waals surface area contributed by atoms with Gasteiger partial charge < -0.3 is 5.73 Å². The third kappa shape index (κ3) is 3.09. The van der Waals surface area contributed by atoms with E-state index in [-0.39, 0.29) is 9.88 Å². The maximum absolute atomic E-state index is 12.3. The van der Waals surface area contributed by atoms with Crippen LogP contribution in [-0.4, -0.2) is 18.4 Å². The van der Waals surface area contributed by atoms with Crippen molar-refractivity contribution in [2.75, 3.05) is 4.72 Å². The Morgan fingerprint density at radius 1 is 1.47 bits per heavy atom. The SMILES string of the molecule is Cc1ccc(C(N)=S)cc1S(=O)(=O)Nc1nccs1. The average Bonchev–Trinajstić information content (AvgIpc) is 2.81. The lowest BCUT2D eigenvalue weighted by atomic mass is 10.1. The number of hydrogen-bond donors (Lipinski definition) is 2. The molecule has 0 aliphatic carbocycles. The molecule has 8 heteroatoms. The van der Waals surface area contributed by atoms with Crippen molar-refractivity contribution in [1.29, 1.82) is 0 Å². The fourth-order valence-electron chi connectivity index (χ4n) is 1.49. The Hall–Kier alpha value is -1.51.